The first-order valence-electron chi connectivity index (χ1n) is 7.91. The van der Waals surface area contributed by atoms with Gasteiger partial charge in [0.2, 0.25) is 5.91 Å². The van der Waals surface area contributed by atoms with Gasteiger partial charge in [-0.1, -0.05) is 12.1 Å². The number of nitrogens with zero attached hydrogens (tertiary/aromatic N) is 1. The van der Waals surface area contributed by atoms with Crippen LogP contribution < -0.4 is 5.32 Å². The van der Waals surface area contributed by atoms with Crippen LogP contribution in [0.25, 0.3) is 0 Å². The van der Waals surface area contributed by atoms with Crippen molar-refractivity contribution < 1.29 is 13.2 Å². The van der Waals surface area contributed by atoms with Crippen molar-refractivity contribution in [3.63, 3.8) is 0 Å². The monoisotopic (exact) mass is 338 g/mol. The van der Waals surface area contributed by atoms with Crippen LogP contribution in [-0.4, -0.2) is 45.6 Å². The van der Waals surface area contributed by atoms with Gasteiger partial charge >= 0.3 is 0 Å². The summed E-state index contributed by atoms with van der Waals surface area (Å²) in [6, 6.07) is 6.72. The zero-order valence-electron chi connectivity index (χ0n) is 14.3. The number of likely N-dealkylation sites (tertiary alicyclic amines) is 1. The van der Waals surface area contributed by atoms with Gasteiger partial charge in [-0.05, 0) is 58.0 Å². The maximum absolute atomic E-state index is 12.5. The molecule has 1 fully saturated rings. The second-order valence-corrected chi connectivity index (χ2v) is 9.03. The third-order valence-electron chi connectivity index (χ3n) is 4.44. The fraction of sp³-hybridized carbons (Fsp3) is 0.588. The highest BCUT2D eigenvalue weighted by molar-refractivity contribution is 7.90. The predicted octanol–water partition coefficient (Wildman–Crippen LogP) is 1.78. The molecule has 128 valence electrons. The van der Waals surface area contributed by atoms with Gasteiger partial charge in [0.05, 0.1) is 16.4 Å². The second-order valence-electron chi connectivity index (χ2n) is 7.01. The summed E-state index contributed by atoms with van der Waals surface area (Å²) in [6.45, 7) is 5.70. The van der Waals surface area contributed by atoms with Gasteiger partial charge in [0.25, 0.3) is 0 Å². The lowest BCUT2D eigenvalue weighted by molar-refractivity contribution is -0.128. The fourth-order valence-corrected chi connectivity index (χ4v) is 3.61. The van der Waals surface area contributed by atoms with E-state index in [4.69, 9.17) is 0 Å². The number of rotatable bonds is 4. The number of carbonyl (C=O) groups is 1. The number of piperidine rings is 1. The number of sulfone groups is 1. The Kier molecular flexibility index (Phi) is 5.16. The number of carbonyl (C=O) groups excluding carboxylic acids is 1. The molecule has 0 saturated carbocycles. The van der Waals surface area contributed by atoms with Crippen LogP contribution in [-0.2, 0) is 20.2 Å². The highest BCUT2D eigenvalue weighted by Crippen LogP contribution is 2.24. The molecule has 1 aliphatic rings. The first kappa shape index (κ1) is 17.9. The van der Waals surface area contributed by atoms with Gasteiger partial charge < -0.3 is 10.2 Å². The quantitative estimate of drug-likeness (QED) is 0.909. The third-order valence-corrected chi connectivity index (χ3v) is 5.56. The molecule has 1 atom stereocenters. The van der Waals surface area contributed by atoms with E-state index in [-0.39, 0.29) is 16.7 Å². The lowest BCUT2D eigenvalue weighted by atomic mass is 9.91. The van der Waals surface area contributed by atoms with Crippen LogP contribution in [0.3, 0.4) is 0 Å². The minimum Gasteiger partial charge on any atom is -0.347 e. The Balaban J connectivity index is 2.10. The first-order chi connectivity index (χ1) is 10.6. The molecule has 0 bridgehead atoms. The van der Waals surface area contributed by atoms with Gasteiger partial charge in [0, 0.05) is 12.8 Å². The third kappa shape index (κ3) is 4.54. The van der Waals surface area contributed by atoms with Crippen molar-refractivity contribution in [2.45, 2.75) is 37.1 Å². The van der Waals surface area contributed by atoms with Crippen LogP contribution in [0.15, 0.2) is 29.2 Å². The molecule has 5 nitrogen and oxygen atoms in total. The van der Waals surface area contributed by atoms with E-state index in [1.165, 1.54) is 6.26 Å². The van der Waals surface area contributed by atoms with Crippen LogP contribution in [0.4, 0.5) is 0 Å². The Hall–Kier alpha value is -1.40. The first-order valence-corrected chi connectivity index (χ1v) is 9.80. The molecule has 0 spiro atoms. The minimum absolute atomic E-state index is 0.0170. The Morgan fingerprint density at radius 1 is 1.26 bits per heavy atom. The van der Waals surface area contributed by atoms with E-state index in [0.29, 0.717) is 0 Å². The van der Waals surface area contributed by atoms with Crippen LogP contribution in [0, 0.1) is 5.92 Å². The molecular formula is C17H26N2O3S. The molecule has 6 heteroatoms. The molecule has 0 radical (unpaired) electrons. The molecule has 1 aromatic carbocycles. The largest absolute Gasteiger partial charge is 0.347 e. The maximum atomic E-state index is 12.5. The molecular weight excluding hydrogens is 312 g/mol. The number of nitrogens with one attached hydrogen (secondary N) is 1. The molecule has 1 amide bonds. The summed E-state index contributed by atoms with van der Waals surface area (Å²) in [5.41, 5.74) is 0.353. The average Bonchev–Trinajstić information content (AvgIpc) is 2.46. The van der Waals surface area contributed by atoms with Crippen molar-refractivity contribution in [1.82, 2.24) is 10.2 Å². The highest BCUT2D eigenvalue weighted by atomic mass is 32.2. The van der Waals surface area contributed by atoms with Crippen molar-refractivity contribution in [1.29, 1.82) is 0 Å². The smallest absolute Gasteiger partial charge is 0.225 e. The summed E-state index contributed by atoms with van der Waals surface area (Å²) in [4.78, 5) is 15.0. The van der Waals surface area contributed by atoms with E-state index < -0.39 is 15.4 Å². The molecule has 2 rings (SSSR count). The van der Waals surface area contributed by atoms with Gasteiger partial charge in [-0.2, -0.15) is 0 Å². The lowest BCUT2D eigenvalue weighted by Crippen LogP contribution is -2.48. The minimum atomic E-state index is -3.20. The van der Waals surface area contributed by atoms with E-state index in [0.717, 1.165) is 31.5 Å². The topological polar surface area (TPSA) is 66.5 Å². The van der Waals surface area contributed by atoms with Crippen LogP contribution >= 0.6 is 0 Å². The average molecular weight is 338 g/mol. The van der Waals surface area contributed by atoms with Gasteiger partial charge in [0.15, 0.2) is 9.84 Å². The van der Waals surface area contributed by atoms with E-state index in [1.54, 1.807) is 24.3 Å². The number of hydrogen-bond donors (Lipinski definition) is 1. The zero-order valence-corrected chi connectivity index (χ0v) is 15.1. The second kappa shape index (κ2) is 6.61. The summed E-state index contributed by atoms with van der Waals surface area (Å²) >= 11 is 0. The number of benzene rings is 1. The van der Waals surface area contributed by atoms with Crippen molar-refractivity contribution >= 4 is 15.7 Å². The van der Waals surface area contributed by atoms with Crippen molar-refractivity contribution in [3.8, 4) is 0 Å². The Morgan fingerprint density at radius 2 is 1.87 bits per heavy atom. The Bertz CT molecular complexity index is 666. The van der Waals surface area contributed by atoms with Gasteiger partial charge in [0.1, 0.15) is 0 Å². The highest BCUT2D eigenvalue weighted by Gasteiger charge is 2.29. The van der Waals surface area contributed by atoms with E-state index in [1.807, 2.05) is 20.9 Å². The molecule has 1 N–H and O–H groups in total. The van der Waals surface area contributed by atoms with Crippen molar-refractivity contribution in [2.75, 3.05) is 26.4 Å². The molecule has 0 aromatic heterocycles. The van der Waals surface area contributed by atoms with E-state index in [9.17, 15) is 13.2 Å². The summed E-state index contributed by atoms with van der Waals surface area (Å²) in [5, 5.41) is 3.11. The molecule has 0 unspecified atom stereocenters. The summed E-state index contributed by atoms with van der Waals surface area (Å²) in [6.07, 6.45) is 3.14. The van der Waals surface area contributed by atoms with E-state index in [2.05, 4.69) is 10.2 Å². The summed E-state index contributed by atoms with van der Waals surface area (Å²) in [5.74, 6) is 0.0806. The van der Waals surface area contributed by atoms with E-state index >= 15 is 0 Å². The van der Waals surface area contributed by atoms with Crippen LogP contribution in [0.1, 0.15) is 32.3 Å². The Morgan fingerprint density at radius 3 is 2.39 bits per heavy atom. The zero-order chi connectivity index (χ0) is 17.3. The molecule has 23 heavy (non-hydrogen) atoms. The van der Waals surface area contributed by atoms with Gasteiger partial charge in [-0.15, -0.1) is 0 Å². The van der Waals surface area contributed by atoms with Crippen LogP contribution in [0.2, 0.25) is 0 Å². The number of amides is 1. The molecule has 1 aliphatic heterocycles. The number of hydrogen-bond acceptors (Lipinski definition) is 4. The normalized spacial score (nSPS) is 20.3. The SMILES string of the molecule is CN1CCC[C@H](C(=O)NC(C)(C)c2ccc(S(C)(=O)=O)cc2)C1. The fourth-order valence-electron chi connectivity index (χ4n) is 2.98. The molecule has 1 aromatic rings. The molecule has 0 aliphatic carbocycles. The van der Waals surface area contributed by atoms with Gasteiger partial charge in [-0.3, -0.25) is 4.79 Å². The van der Waals surface area contributed by atoms with Gasteiger partial charge in [-0.25, -0.2) is 8.42 Å². The maximum Gasteiger partial charge on any atom is 0.225 e. The van der Waals surface area contributed by atoms with Crippen LogP contribution in [0.5, 0.6) is 0 Å². The Labute approximate surface area is 139 Å². The standard InChI is InChI=1S/C17H26N2O3S/c1-17(2,14-7-9-15(10-8-14)23(4,21)22)18-16(20)13-6-5-11-19(3)12-13/h7-10,13H,5-6,11-12H2,1-4H3,(H,18,20)/t13-/m0/s1. The van der Waals surface area contributed by atoms with Crippen molar-refractivity contribution in [2.24, 2.45) is 5.92 Å². The lowest BCUT2D eigenvalue weighted by Gasteiger charge is -2.33. The molecule has 1 saturated heterocycles. The summed E-state index contributed by atoms with van der Waals surface area (Å²) in [7, 11) is -1.17. The summed E-state index contributed by atoms with van der Waals surface area (Å²) < 4.78 is 23.1. The predicted molar refractivity (Wildman–Crippen MR) is 90.9 cm³/mol. The molecule has 1 heterocycles. The van der Waals surface area contributed by atoms with Crippen molar-refractivity contribution in [3.05, 3.63) is 29.8 Å².